The lowest BCUT2D eigenvalue weighted by Gasteiger charge is -2.08. The lowest BCUT2D eigenvalue weighted by Crippen LogP contribution is -2.01. The number of carbonyl (C=O) groups excluding carboxylic acids is 1. The van der Waals surface area contributed by atoms with Crippen LogP contribution in [0.1, 0.15) is 10.4 Å². The van der Waals surface area contributed by atoms with Gasteiger partial charge in [0, 0.05) is 6.07 Å². The molecular weight excluding hydrogens is 308 g/mol. The minimum absolute atomic E-state index is 0.303. The third kappa shape index (κ3) is 2.73. The predicted molar refractivity (Wildman–Crippen MR) is 84.7 cm³/mol. The van der Waals surface area contributed by atoms with E-state index in [1.54, 1.807) is 29.5 Å². The highest BCUT2D eigenvalue weighted by Gasteiger charge is 2.12. The minimum atomic E-state index is -0.466. The van der Waals surface area contributed by atoms with Gasteiger partial charge in [-0.3, -0.25) is 0 Å². The van der Waals surface area contributed by atoms with E-state index in [-0.39, 0.29) is 0 Å². The van der Waals surface area contributed by atoms with Crippen molar-refractivity contribution < 1.29 is 14.3 Å². The molecule has 0 N–H and O–H groups in total. The van der Waals surface area contributed by atoms with Crippen molar-refractivity contribution in [3.8, 4) is 11.5 Å². The molecule has 0 radical (unpaired) electrons. The molecule has 0 saturated carbocycles. The van der Waals surface area contributed by atoms with Gasteiger partial charge in [-0.1, -0.05) is 23.7 Å². The Labute approximate surface area is 130 Å². The van der Waals surface area contributed by atoms with Crippen LogP contribution in [0.5, 0.6) is 11.5 Å². The van der Waals surface area contributed by atoms with Crippen molar-refractivity contribution in [2.75, 3.05) is 7.11 Å². The number of fused-ring (bicyclic) bond motifs is 1. The Morgan fingerprint density at radius 2 is 2.05 bits per heavy atom. The molecule has 3 rings (SSSR count). The number of carbonyl (C=O) groups is 1. The van der Waals surface area contributed by atoms with Crippen molar-refractivity contribution in [2.45, 2.75) is 0 Å². The van der Waals surface area contributed by atoms with Crippen LogP contribution in [-0.4, -0.2) is 13.1 Å². The molecule has 0 aliphatic carbocycles. The number of hydrogen-bond donors (Lipinski definition) is 0. The fraction of sp³-hybridized carbons (Fsp3) is 0.0625. The monoisotopic (exact) mass is 318 g/mol. The summed E-state index contributed by atoms with van der Waals surface area (Å²) in [5.41, 5.74) is 0.320. The van der Waals surface area contributed by atoms with E-state index < -0.39 is 5.97 Å². The molecule has 3 aromatic rings. The molecule has 0 amide bonds. The predicted octanol–water partition coefficient (Wildman–Crippen LogP) is 5.13. The Bertz CT molecular complexity index is 810. The fourth-order valence-electron chi connectivity index (χ4n) is 2.01. The van der Waals surface area contributed by atoms with E-state index in [1.165, 1.54) is 7.11 Å². The van der Waals surface area contributed by atoms with E-state index in [9.17, 15) is 4.79 Å². The van der Waals surface area contributed by atoms with Gasteiger partial charge in [0.15, 0.2) is 0 Å². The maximum atomic E-state index is 11.5. The van der Waals surface area contributed by atoms with Gasteiger partial charge in [0.2, 0.25) is 0 Å². The Kier molecular flexibility index (Phi) is 3.82. The summed E-state index contributed by atoms with van der Waals surface area (Å²) in [4.78, 5) is 11.5. The van der Waals surface area contributed by atoms with Gasteiger partial charge in [-0.05, 0) is 35.0 Å². The van der Waals surface area contributed by atoms with Crippen molar-refractivity contribution in [2.24, 2.45) is 0 Å². The SMILES string of the molecule is COC(=O)c1ccc(Oc2cccc3ccsc23)cc1Cl. The molecule has 0 unspecified atom stereocenters. The zero-order valence-electron chi connectivity index (χ0n) is 11.1. The molecule has 1 aromatic heterocycles. The molecule has 0 aliphatic rings. The first-order valence-electron chi connectivity index (χ1n) is 6.21. The summed E-state index contributed by atoms with van der Waals surface area (Å²) in [6, 6.07) is 12.8. The van der Waals surface area contributed by atoms with Crippen LogP contribution < -0.4 is 4.74 Å². The van der Waals surface area contributed by atoms with Crippen LogP contribution in [0, 0.1) is 0 Å². The fourth-order valence-corrected chi connectivity index (χ4v) is 3.10. The highest BCUT2D eigenvalue weighted by atomic mass is 35.5. The van der Waals surface area contributed by atoms with Gasteiger partial charge in [-0.2, -0.15) is 0 Å². The van der Waals surface area contributed by atoms with Crippen molar-refractivity contribution >= 4 is 39.0 Å². The third-order valence-electron chi connectivity index (χ3n) is 3.02. The molecule has 0 aliphatic heterocycles. The minimum Gasteiger partial charge on any atom is -0.465 e. The summed E-state index contributed by atoms with van der Waals surface area (Å²) in [5, 5.41) is 3.46. The zero-order valence-corrected chi connectivity index (χ0v) is 12.7. The summed E-state index contributed by atoms with van der Waals surface area (Å²) in [7, 11) is 1.32. The Hall–Kier alpha value is -2.04. The number of ether oxygens (including phenoxy) is 2. The molecule has 0 spiro atoms. The van der Waals surface area contributed by atoms with E-state index >= 15 is 0 Å². The number of halogens is 1. The van der Waals surface area contributed by atoms with Crippen molar-refractivity contribution in [1.29, 1.82) is 0 Å². The van der Waals surface area contributed by atoms with Crippen LogP contribution in [0.3, 0.4) is 0 Å². The number of methoxy groups -OCH3 is 1. The summed E-state index contributed by atoms with van der Waals surface area (Å²) >= 11 is 7.71. The second-order valence-electron chi connectivity index (χ2n) is 4.33. The second-order valence-corrected chi connectivity index (χ2v) is 5.65. The molecule has 0 saturated heterocycles. The first-order chi connectivity index (χ1) is 10.2. The number of rotatable bonds is 3. The van der Waals surface area contributed by atoms with Crippen molar-refractivity contribution in [1.82, 2.24) is 0 Å². The number of benzene rings is 2. The molecule has 5 heteroatoms. The number of thiophene rings is 1. The molecule has 106 valence electrons. The van der Waals surface area contributed by atoms with Crippen LogP contribution in [0.4, 0.5) is 0 Å². The highest BCUT2D eigenvalue weighted by Crippen LogP contribution is 2.34. The number of hydrogen-bond acceptors (Lipinski definition) is 4. The zero-order chi connectivity index (χ0) is 14.8. The van der Waals surface area contributed by atoms with Crippen molar-refractivity contribution in [3.63, 3.8) is 0 Å². The van der Waals surface area contributed by atoms with Crippen LogP contribution in [0.15, 0.2) is 47.8 Å². The number of esters is 1. The summed E-state index contributed by atoms with van der Waals surface area (Å²) in [6.07, 6.45) is 0. The Morgan fingerprint density at radius 3 is 2.81 bits per heavy atom. The highest BCUT2D eigenvalue weighted by molar-refractivity contribution is 7.17. The largest absolute Gasteiger partial charge is 0.465 e. The average Bonchev–Trinajstić information content (AvgIpc) is 2.96. The van der Waals surface area contributed by atoms with Gasteiger partial charge in [-0.25, -0.2) is 4.79 Å². The molecule has 0 atom stereocenters. The second kappa shape index (κ2) is 5.76. The Morgan fingerprint density at radius 1 is 1.19 bits per heavy atom. The standard InChI is InChI=1S/C16H11ClO3S/c1-19-16(18)12-6-5-11(9-13(12)17)20-14-4-2-3-10-7-8-21-15(10)14/h2-9H,1H3. The lowest BCUT2D eigenvalue weighted by atomic mass is 10.2. The molecule has 21 heavy (non-hydrogen) atoms. The first-order valence-corrected chi connectivity index (χ1v) is 7.47. The van der Waals surface area contributed by atoms with Crippen molar-refractivity contribution in [3.05, 3.63) is 58.4 Å². The van der Waals surface area contributed by atoms with E-state index in [0.717, 1.165) is 15.8 Å². The van der Waals surface area contributed by atoms with Crippen LogP contribution in [-0.2, 0) is 4.74 Å². The van der Waals surface area contributed by atoms with E-state index in [1.807, 2.05) is 29.6 Å². The van der Waals surface area contributed by atoms with Crippen LogP contribution in [0.25, 0.3) is 10.1 Å². The third-order valence-corrected chi connectivity index (χ3v) is 4.27. The van der Waals surface area contributed by atoms with Crippen LogP contribution >= 0.6 is 22.9 Å². The Balaban J connectivity index is 1.93. The maximum absolute atomic E-state index is 11.5. The van der Waals surface area contributed by atoms with E-state index in [0.29, 0.717) is 16.3 Å². The normalized spacial score (nSPS) is 10.6. The lowest BCUT2D eigenvalue weighted by molar-refractivity contribution is 0.0601. The van der Waals surface area contributed by atoms with Crippen LogP contribution in [0.2, 0.25) is 5.02 Å². The van der Waals surface area contributed by atoms with E-state index in [4.69, 9.17) is 16.3 Å². The van der Waals surface area contributed by atoms with Gasteiger partial charge in [-0.15, -0.1) is 11.3 Å². The van der Waals surface area contributed by atoms with Gasteiger partial charge in [0.1, 0.15) is 11.5 Å². The smallest absolute Gasteiger partial charge is 0.339 e. The maximum Gasteiger partial charge on any atom is 0.339 e. The average molecular weight is 319 g/mol. The van der Waals surface area contributed by atoms with Gasteiger partial charge >= 0.3 is 5.97 Å². The molecule has 2 aromatic carbocycles. The van der Waals surface area contributed by atoms with E-state index in [2.05, 4.69) is 4.74 Å². The molecular formula is C16H11ClO3S. The topological polar surface area (TPSA) is 35.5 Å². The molecule has 3 nitrogen and oxygen atoms in total. The summed E-state index contributed by atoms with van der Waals surface area (Å²) in [6.45, 7) is 0. The summed E-state index contributed by atoms with van der Waals surface area (Å²) < 4.78 is 11.6. The molecule has 0 fully saturated rings. The van der Waals surface area contributed by atoms with Gasteiger partial charge in [0.25, 0.3) is 0 Å². The van der Waals surface area contributed by atoms with Gasteiger partial charge < -0.3 is 9.47 Å². The quantitative estimate of drug-likeness (QED) is 0.628. The summed E-state index contributed by atoms with van der Waals surface area (Å²) in [5.74, 6) is 0.879. The molecule has 1 heterocycles. The first kappa shape index (κ1) is 13.9. The molecule has 0 bridgehead atoms. The van der Waals surface area contributed by atoms with Gasteiger partial charge in [0.05, 0.1) is 22.4 Å².